The lowest BCUT2D eigenvalue weighted by Gasteiger charge is -2.15. The first-order chi connectivity index (χ1) is 11.1. The van der Waals surface area contributed by atoms with Crippen LogP contribution in [-0.2, 0) is 13.1 Å². The summed E-state index contributed by atoms with van der Waals surface area (Å²) in [6.45, 7) is 2.11. The molecule has 0 saturated heterocycles. The molecule has 1 aromatic carbocycles. The first-order valence-corrected chi connectivity index (χ1v) is 7.43. The molecule has 23 heavy (non-hydrogen) atoms. The van der Waals surface area contributed by atoms with Crippen molar-refractivity contribution < 1.29 is 18.3 Å². The molecule has 0 unspecified atom stereocenters. The van der Waals surface area contributed by atoms with Crippen LogP contribution in [0.5, 0.6) is 11.5 Å². The van der Waals surface area contributed by atoms with E-state index in [9.17, 15) is 8.78 Å². The van der Waals surface area contributed by atoms with Crippen molar-refractivity contribution in [3.63, 3.8) is 0 Å². The molecule has 0 aliphatic carbocycles. The van der Waals surface area contributed by atoms with Gasteiger partial charge in [0.05, 0.1) is 12.3 Å². The van der Waals surface area contributed by atoms with Crippen LogP contribution in [0.4, 0.5) is 8.78 Å². The second-order valence-electron chi connectivity index (χ2n) is 4.93. The number of alkyl halides is 2. The Labute approximate surface area is 134 Å². The van der Waals surface area contributed by atoms with E-state index < -0.39 is 6.61 Å². The van der Waals surface area contributed by atoms with Gasteiger partial charge in [-0.3, -0.25) is 4.98 Å². The van der Waals surface area contributed by atoms with Crippen LogP contribution in [0.2, 0.25) is 0 Å². The Balaban J connectivity index is 2.07. The normalized spacial score (nSPS) is 10.8. The molecule has 2 aromatic rings. The highest BCUT2D eigenvalue weighted by molar-refractivity contribution is 5.46. The summed E-state index contributed by atoms with van der Waals surface area (Å²) in [5.74, 6) is 0.398. The minimum Gasteiger partial charge on any atom is -0.490 e. The topological polar surface area (TPSA) is 43.4 Å². The van der Waals surface area contributed by atoms with Crippen molar-refractivity contribution in [1.82, 2.24) is 10.3 Å². The number of hydrogen-bond acceptors (Lipinski definition) is 4. The summed E-state index contributed by atoms with van der Waals surface area (Å²) >= 11 is 0. The van der Waals surface area contributed by atoms with Crippen LogP contribution in [0, 0.1) is 6.92 Å². The number of benzene rings is 1. The summed E-state index contributed by atoms with van der Waals surface area (Å²) in [6.07, 6.45) is 0. The number of ether oxygens (including phenoxy) is 2. The van der Waals surface area contributed by atoms with Gasteiger partial charge in [-0.25, -0.2) is 0 Å². The maximum atomic E-state index is 12.6. The molecule has 0 atom stereocenters. The Morgan fingerprint density at radius 2 is 1.91 bits per heavy atom. The molecular formula is C17H20F2N2O2. The number of nitrogens with zero attached hydrogens (tertiary/aromatic N) is 1. The van der Waals surface area contributed by atoms with Crippen LogP contribution in [-0.4, -0.2) is 18.2 Å². The van der Waals surface area contributed by atoms with Crippen molar-refractivity contribution >= 4 is 0 Å². The summed E-state index contributed by atoms with van der Waals surface area (Å²) in [5, 5.41) is 3.19. The van der Waals surface area contributed by atoms with Gasteiger partial charge in [0.15, 0.2) is 11.5 Å². The molecule has 124 valence electrons. The number of nitrogens with one attached hydrogen (secondary N) is 1. The van der Waals surface area contributed by atoms with Crippen molar-refractivity contribution in [3.05, 3.63) is 53.3 Å². The van der Waals surface area contributed by atoms with Gasteiger partial charge >= 0.3 is 6.61 Å². The SMILES string of the molecule is CCOc1cccc(CNCc2cccc(C)n2)c1OC(F)F. The molecule has 4 nitrogen and oxygen atoms in total. The highest BCUT2D eigenvalue weighted by Crippen LogP contribution is 2.32. The van der Waals surface area contributed by atoms with Gasteiger partial charge in [0, 0.05) is 24.3 Å². The fraction of sp³-hybridized carbons (Fsp3) is 0.353. The Hall–Kier alpha value is -2.21. The highest BCUT2D eigenvalue weighted by Gasteiger charge is 2.15. The third-order valence-electron chi connectivity index (χ3n) is 3.13. The van der Waals surface area contributed by atoms with Crippen LogP contribution in [0.1, 0.15) is 23.9 Å². The number of aromatic nitrogens is 1. The van der Waals surface area contributed by atoms with Gasteiger partial charge in [-0.2, -0.15) is 8.78 Å². The fourth-order valence-electron chi connectivity index (χ4n) is 2.22. The number of pyridine rings is 1. The first-order valence-electron chi connectivity index (χ1n) is 7.43. The van der Waals surface area contributed by atoms with Crippen molar-refractivity contribution in [2.24, 2.45) is 0 Å². The number of aryl methyl sites for hydroxylation is 1. The maximum Gasteiger partial charge on any atom is 0.387 e. The molecule has 0 saturated carbocycles. The highest BCUT2D eigenvalue weighted by atomic mass is 19.3. The third kappa shape index (κ3) is 5.17. The molecule has 1 heterocycles. The second-order valence-corrected chi connectivity index (χ2v) is 4.93. The van der Waals surface area contributed by atoms with E-state index in [1.165, 1.54) is 0 Å². The van der Waals surface area contributed by atoms with Crippen molar-refractivity contribution in [1.29, 1.82) is 0 Å². The average molecular weight is 322 g/mol. The lowest BCUT2D eigenvalue weighted by molar-refractivity contribution is -0.0521. The monoisotopic (exact) mass is 322 g/mol. The minimum atomic E-state index is -2.89. The third-order valence-corrected chi connectivity index (χ3v) is 3.13. The van der Waals surface area contributed by atoms with Gasteiger partial charge < -0.3 is 14.8 Å². The lowest BCUT2D eigenvalue weighted by atomic mass is 10.2. The smallest absolute Gasteiger partial charge is 0.387 e. The van der Waals surface area contributed by atoms with Crippen LogP contribution in [0.25, 0.3) is 0 Å². The zero-order valence-electron chi connectivity index (χ0n) is 13.2. The standard InChI is InChI=1S/C17H20F2N2O2/c1-3-22-15-9-5-7-13(16(15)23-17(18)19)10-20-11-14-8-4-6-12(2)21-14/h4-9,17,20H,3,10-11H2,1-2H3. The Morgan fingerprint density at radius 3 is 2.61 bits per heavy atom. The summed E-state index contributed by atoms with van der Waals surface area (Å²) in [6, 6.07) is 10.9. The Bertz CT molecular complexity index is 636. The molecule has 6 heteroatoms. The zero-order valence-corrected chi connectivity index (χ0v) is 13.2. The van der Waals surface area contributed by atoms with Crippen LogP contribution < -0.4 is 14.8 Å². The molecule has 1 aromatic heterocycles. The summed E-state index contributed by atoms with van der Waals surface area (Å²) in [7, 11) is 0. The lowest BCUT2D eigenvalue weighted by Crippen LogP contribution is -2.16. The first kappa shape index (κ1) is 17.1. The number of hydrogen-bond donors (Lipinski definition) is 1. The molecule has 0 spiro atoms. The Morgan fingerprint density at radius 1 is 1.13 bits per heavy atom. The minimum absolute atomic E-state index is 0.0778. The summed E-state index contributed by atoms with van der Waals surface area (Å²) < 4.78 is 35.3. The van der Waals surface area contributed by atoms with Gasteiger partial charge in [-0.15, -0.1) is 0 Å². The predicted octanol–water partition coefficient (Wildman–Crippen LogP) is 3.68. The molecule has 0 bridgehead atoms. The number of para-hydroxylation sites is 1. The summed E-state index contributed by atoms with van der Waals surface area (Å²) in [4.78, 5) is 4.38. The number of halogens is 2. The Kier molecular flexibility index (Phi) is 6.29. The van der Waals surface area contributed by atoms with E-state index in [4.69, 9.17) is 4.74 Å². The molecule has 0 aliphatic rings. The van der Waals surface area contributed by atoms with Gasteiger partial charge in [0.1, 0.15) is 0 Å². The molecule has 1 N–H and O–H groups in total. The van der Waals surface area contributed by atoms with E-state index in [1.54, 1.807) is 25.1 Å². The van der Waals surface area contributed by atoms with Gasteiger partial charge in [-0.05, 0) is 32.0 Å². The molecule has 0 amide bonds. The van der Waals surface area contributed by atoms with Crippen molar-refractivity contribution in [2.45, 2.75) is 33.5 Å². The van der Waals surface area contributed by atoms with E-state index in [0.29, 0.717) is 31.0 Å². The van der Waals surface area contributed by atoms with E-state index in [0.717, 1.165) is 11.4 Å². The maximum absolute atomic E-state index is 12.6. The van der Waals surface area contributed by atoms with Crippen LogP contribution in [0.15, 0.2) is 36.4 Å². The largest absolute Gasteiger partial charge is 0.490 e. The zero-order chi connectivity index (χ0) is 16.7. The van der Waals surface area contributed by atoms with Gasteiger partial charge in [0.2, 0.25) is 0 Å². The van der Waals surface area contributed by atoms with Gasteiger partial charge in [0.25, 0.3) is 0 Å². The molecule has 2 rings (SSSR count). The average Bonchev–Trinajstić information content (AvgIpc) is 2.50. The molecule has 0 fully saturated rings. The fourth-order valence-corrected chi connectivity index (χ4v) is 2.22. The van der Waals surface area contributed by atoms with Crippen molar-refractivity contribution in [3.8, 4) is 11.5 Å². The van der Waals surface area contributed by atoms with Crippen molar-refractivity contribution in [2.75, 3.05) is 6.61 Å². The van der Waals surface area contributed by atoms with Gasteiger partial charge in [-0.1, -0.05) is 18.2 Å². The quantitative estimate of drug-likeness (QED) is 0.805. The molecule has 0 aliphatic heterocycles. The van der Waals surface area contributed by atoms with Crippen LogP contribution >= 0.6 is 0 Å². The van der Waals surface area contributed by atoms with E-state index >= 15 is 0 Å². The molecule has 0 radical (unpaired) electrons. The molecular weight excluding hydrogens is 302 g/mol. The van der Waals surface area contributed by atoms with E-state index in [2.05, 4.69) is 15.0 Å². The van der Waals surface area contributed by atoms with E-state index in [1.807, 2.05) is 25.1 Å². The van der Waals surface area contributed by atoms with E-state index in [-0.39, 0.29) is 5.75 Å². The second kappa shape index (κ2) is 8.43. The summed E-state index contributed by atoms with van der Waals surface area (Å²) in [5.41, 5.74) is 2.44. The number of rotatable bonds is 8. The predicted molar refractivity (Wildman–Crippen MR) is 83.8 cm³/mol. The van der Waals surface area contributed by atoms with Crippen LogP contribution in [0.3, 0.4) is 0 Å².